The summed E-state index contributed by atoms with van der Waals surface area (Å²) in [5.41, 5.74) is 4.75. The molecule has 0 aliphatic carbocycles. The van der Waals surface area contributed by atoms with Crippen molar-refractivity contribution < 1.29 is 18.0 Å². The van der Waals surface area contributed by atoms with E-state index in [-0.39, 0.29) is 30.8 Å². The first-order valence-electron chi connectivity index (χ1n) is 13.1. The van der Waals surface area contributed by atoms with Gasteiger partial charge in [-0.05, 0) is 75.8 Å². The second-order valence-corrected chi connectivity index (χ2v) is 11.9. The molecule has 0 unspecified atom stereocenters. The Labute approximate surface area is 223 Å². The van der Waals surface area contributed by atoms with Crippen molar-refractivity contribution in [3.05, 3.63) is 64.7 Å². The van der Waals surface area contributed by atoms with Gasteiger partial charge in [-0.2, -0.15) is 0 Å². The fraction of sp³-hybridized carbons (Fsp3) is 0.517. The predicted octanol–water partition coefficient (Wildman–Crippen LogP) is 4.88. The third kappa shape index (κ3) is 8.88. The molecule has 2 aromatic rings. The minimum absolute atomic E-state index is 0.0131. The molecule has 7 nitrogen and oxygen atoms in total. The van der Waals surface area contributed by atoms with E-state index in [1.54, 1.807) is 11.0 Å². The normalized spacial score (nSPS) is 13.1. The van der Waals surface area contributed by atoms with E-state index in [0.29, 0.717) is 25.1 Å². The van der Waals surface area contributed by atoms with Crippen molar-refractivity contribution >= 4 is 27.5 Å². The Hall–Kier alpha value is -2.87. The van der Waals surface area contributed by atoms with Crippen molar-refractivity contribution in [1.82, 2.24) is 10.2 Å². The van der Waals surface area contributed by atoms with Crippen molar-refractivity contribution in [2.45, 2.75) is 85.9 Å². The van der Waals surface area contributed by atoms with Crippen molar-refractivity contribution in [3.63, 3.8) is 0 Å². The highest BCUT2D eigenvalue weighted by Crippen LogP contribution is 2.22. The van der Waals surface area contributed by atoms with E-state index >= 15 is 0 Å². The molecular weight excluding hydrogens is 486 g/mol. The lowest BCUT2D eigenvalue weighted by molar-refractivity contribution is -0.141. The maximum absolute atomic E-state index is 13.5. The van der Waals surface area contributed by atoms with E-state index in [4.69, 9.17) is 0 Å². The Bertz CT molecular complexity index is 1160. The van der Waals surface area contributed by atoms with E-state index in [1.807, 2.05) is 77.9 Å². The summed E-state index contributed by atoms with van der Waals surface area (Å²) in [6, 6.07) is 12.9. The van der Waals surface area contributed by atoms with Gasteiger partial charge in [0, 0.05) is 25.6 Å². The number of nitrogens with zero attached hydrogens (tertiary/aromatic N) is 2. The number of benzene rings is 2. The zero-order valence-corrected chi connectivity index (χ0v) is 24.2. The molecule has 2 rings (SSSR count). The number of amides is 2. The van der Waals surface area contributed by atoms with Gasteiger partial charge in [-0.25, -0.2) is 8.42 Å². The Kier molecular flexibility index (Phi) is 11.2. The van der Waals surface area contributed by atoms with Crippen LogP contribution >= 0.6 is 0 Å². The van der Waals surface area contributed by atoms with Gasteiger partial charge in [-0.15, -0.1) is 0 Å². The van der Waals surface area contributed by atoms with Crippen LogP contribution in [0.3, 0.4) is 0 Å². The largest absolute Gasteiger partial charge is 0.352 e. The number of anilines is 1. The third-order valence-corrected chi connectivity index (χ3v) is 7.99. The van der Waals surface area contributed by atoms with Crippen LogP contribution in [0.15, 0.2) is 42.5 Å². The van der Waals surface area contributed by atoms with Crippen molar-refractivity contribution in [2.75, 3.05) is 17.1 Å². The molecule has 0 bridgehead atoms. The lowest BCUT2D eigenvalue weighted by atomic mass is 10.1. The van der Waals surface area contributed by atoms with Gasteiger partial charge in [0.25, 0.3) is 0 Å². The molecule has 37 heavy (non-hydrogen) atoms. The second kappa shape index (κ2) is 13.6. The third-order valence-electron chi connectivity index (χ3n) is 6.79. The van der Waals surface area contributed by atoms with Gasteiger partial charge in [0.1, 0.15) is 6.04 Å². The Morgan fingerprint density at radius 2 is 1.59 bits per heavy atom. The molecule has 204 valence electrons. The Morgan fingerprint density at radius 1 is 0.946 bits per heavy atom. The number of aryl methyl sites for hydroxylation is 3. The van der Waals surface area contributed by atoms with Gasteiger partial charge in [0.05, 0.1) is 11.9 Å². The molecule has 0 aromatic heterocycles. The number of sulfonamides is 1. The minimum atomic E-state index is -3.52. The molecule has 0 spiro atoms. The van der Waals surface area contributed by atoms with Crippen LogP contribution < -0.4 is 9.62 Å². The van der Waals surface area contributed by atoms with Gasteiger partial charge in [0.2, 0.25) is 21.8 Å². The number of nitrogens with one attached hydrogen (secondary N) is 1. The summed E-state index contributed by atoms with van der Waals surface area (Å²) >= 11 is 0. The van der Waals surface area contributed by atoms with E-state index in [2.05, 4.69) is 5.32 Å². The first kappa shape index (κ1) is 30.4. The molecule has 0 aliphatic heterocycles. The highest BCUT2D eigenvalue weighted by atomic mass is 32.2. The van der Waals surface area contributed by atoms with Crippen LogP contribution in [0.1, 0.15) is 68.7 Å². The molecule has 0 aliphatic rings. The molecule has 1 N–H and O–H groups in total. The lowest BCUT2D eigenvalue weighted by Crippen LogP contribution is -2.50. The topological polar surface area (TPSA) is 86.8 Å². The van der Waals surface area contributed by atoms with Gasteiger partial charge in [-0.3, -0.25) is 13.9 Å². The molecule has 0 saturated heterocycles. The van der Waals surface area contributed by atoms with E-state index in [1.165, 1.54) is 10.6 Å². The van der Waals surface area contributed by atoms with E-state index in [0.717, 1.165) is 28.7 Å². The summed E-state index contributed by atoms with van der Waals surface area (Å²) in [4.78, 5) is 28.3. The molecule has 0 fully saturated rings. The summed E-state index contributed by atoms with van der Waals surface area (Å²) < 4.78 is 26.5. The van der Waals surface area contributed by atoms with E-state index < -0.39 is 16.1 Å². The zero-order chi connectivity index (χ0) is 27.8. The van der Waals surface area contributed by atoms with E-state index in [9.17, 15) is 18.0 Å². The molecule has 0 radical (unpaired) electrons. The van der Waals surface area contributed by atoms with Gasteiger partial charge < -0.3 is 10.2 Å². The molecule has 8 heteroatoms. The number of hydrogen-bond donors (Lipinski definition) is 1. The monoisotopic (exact) mass is 529 g/mol. The van der Waals surface area contributed by atoms with Crippen molar-refractivity contribution in [3.8, 4) is 0 Å². The zero-order valence-electron chi connectivity index (χ0n) is 23.4. The standard InChI is InChI=1S/C29H43N3O4S/c1-8-24(6)30-29(34)27(9-2)31(20-25-15-12-21(3)13-16-25)28(33)11-10-18-32(37(7,35)36)26-17-14-22(4)23(5)19-26/h12-17,19,24,27H,8-11,18,20H2,1-7H3,(H,30,34)/t24-,27-/m1/s1. The molecule has 2 amide bonds. The van der Waals surface area contributed by atoms with Crippen LogP contribution in [0.5, 0.6) is 0 Å². The molecule has 0 heterocycles. The van der Waals surface area contributed by atoms with Crippen LogP contribution in [0.25, 0.3) is 0 Å². The van der Waals surface area contributed by atoms with Crippen LogP contribution in [0.2, 0.25) is 0 Å². The van der Waals surface area contributed by atoms with Crippen LogP contribution in [-0.2, 0) is 26.2 Å². The minimum Gasteiger partial charge on any atom is -0.352 e. The smallest absolute Gasteiger partial charge is 0.243 e. The fourth-order valence-corrected chi connectivity index (χ4v) is 5.09. The summed E-state index contributed by atoms with van der Waals surface area (Å²) in [5.74, 6) is -0.328. The van der Waals surface area contributed by atoms with Crippen LogP contribution in [0.4, 0.5) is 5.69 Å². The first-order valence-corrected chi connectivity index (χ1v) is 14.9. The van der Waals surface area contributed by atoms with Crippen molar-refractivity contribution in [2.24, 2.45) is 0 Å². The SMILES string of the molecule is CC[C@@H](C)NC(=O)[C@@H](CC)N(Cc1ccc(C)cc1)C(=O)CCCN(c1ccc(C)c(C)c1)S(C)(=O)=O. The summed E-state index contributed by atoms with van der Waals surface area (Å²) in [7, 11) is -3.52. The average Bonchev–Trinajstić information content (AvgIpc) is 2.83. The summed E-state index contributed by atoms with van der Waals surface area (Å²) in [6.07, 6.45) is 2.94. The highest BCUT2D eigenvalue weighted by Gasteiger charge is 2.29. The van der Waals surface area contributed by atoms with Gasteiger partial charge in [0.15, 0.2) is 0 Å². The van der Waals surface area contributed by atoms with Crippen LogP contribution in [-0.4, -0.2) is 50.0 Å². The van der Waals surface area contributed by atoms with Crippen LogP contribution in [0, 0.1) is 20.8 Å². The summed E-state index contributed by atoms with van der Waals surface area (Å²) in [6.45, 7) is 12.3. The number of carbonyl (C=O) groups is 2. The van der Waals surface area contributed by atoms with Gasteiger partial charge >= 0.3 is 0 Å². The second-order valence-electron chi connectivity index (χ2n) is 9.96. The van der Waals surface area contributed by atoms with Gasteiger partial charge in [-0.1, -0.05) is 49.7 Å². The Morgan fingerprint density at radius 3 is 2.14 bits per heavy atom. The fourth-order valence-electron chi connectivity index (χ4n) is 4.14. The Balaban J connectivity index is 2.23. The summed E-state index contributed by atoms with van der Waals surface area (Å²) in [5, 5.41) is 3.02. The number of carbonyl (C=O) groups excluding carboxylic acids is 2. The number of rotatable bonds is 13. The maximum Gasteiger partial charge on any atom is 0.243 e. The molecule has 0 saturated carbocycles. The lowest BCUT2D eigenvalue weighted by Gasteiger charge is -2.32. The van der Waals surface area contributed by atoms with Crippen molar-refractivity contribution in [1.29, 1.82) is 0 Å². The quantitative estimate of drug-likeness (QED) is 0.401. The predicted molar refractivity (Wildman–Crippen MR) is 151 cm³/mol. The average molecular weight is 530 g/mol. The molecule has 2 aromatic carbocycles. The highest BCUT2D eigenvalue weighted by molar-refractivity contribution is 7.92. The first-order chi connectivity index (χ1) is 17.4. The number of hydrogen-bond acceptors (Lipinski definition) is 4. The molecule has 2 atom stereocenters. The molecular formula is C29H43N3O4S. The maximum atomic E-state index is 13.5.